The molecule has 90 valence electrons. The minimum atomic E-state index is -5.11. The fourth-order valence-corrected chi connectivity index (χ4v) is 7.50. The van der Waals surface area contributed by atoms with Crippen LogP contribution in [0.25, 0.3) is 0 Å². The van der Waals surface area contributed by atoms with E-state index in [1.54, 1.807) is 0 Å². The third-order valence-electron chi connectivity index (χ3n) is 1.99. The van der Waals surface area contributed by atoms with Crippen molar-refractivity contribution in [2.45, 2.75) is 10.5 Å². The molecule has 1 fully saturated rings. The molecule has 0 saturated carbocycles. The second-order valence-corrected chi connectivity index (χ2v) is 8.48. The van der Waals surface area contributed by atoms with E-state index in [0.29, 0.717) is 0 Å². The van der Waals surface area contributed by atoms with Gasteiger partial charge < -0.3 is 9.11 Å². The molecular formula is C4H6Na2O8S3. The van der Waals surface area contributed by atoms with Gasteiger partial charge in [0.05, 0.1) is 42.2 Å². The van der Waals surface area contributed by atoms with Gasteiger partial charge in [0.1, 0.15) is 0 Å². The zero-order chi connectivity index (χ0) is 12.1. The van der Waals surface area contributed by atoms with E-state index in [0.717, 1.165) is 0 Å². The van der Waals surface area contributed by atoms with Crippen molar-refractivity contribution in [3.8, 4) is 0 Å². The second kappa shape index (κ2) is 6.48. The summed E-state index contributed by atoms with van der Waals surface area (Å²) in [5, 5.41) is -4.38. The summed E-state index contributed by atoms with van der Waals surface area (Å²) < 4.78 is 85.2. The summed E-state index contributed by atoms with van der Waals surface area (Å²) in [6.45, 7) is 0. The Labute approximate surface area is 144 Å². The first-order chi connectivity index (χ1) is 6.43. The van der Waals surface area contributed by atoms with Gasteiger partial charge in [-0.05, 0) is 0 Å². The Morgan fingerprint density at radius 1 is 0.824 bits per heavy atom. The standard InChI is InChI=1S/C4H8O8S3.2Na/c5-13(6)1-3(14(7,8)9)4(2-13)15(10,11)12;;/h3-4H,1-2H2,(H,7,8,9)(H,10,11,12);;/q;2*+1/p-2. The smallest absolute Gasteiger partial charge is 0.748 e. The van der Waals surface area contributed by atoms with Gasteiger partial charge in [-0.25, -0.2) is 25.3 Å². The van der Waals surface area contributed by atoms with Gasteiger partial charge in [0.15, 0.2) is 9.84 Å². The molecule has 17 heavy (non-hydrogen) atoms. The summed E-state index contributed by atoms with van der Waals surface area (Å²) in [5.74, 6) is -2.21. The van der Waals surface area contributed by atoms with Gasteiger partial charge in [-0.1, -0.05) is 0 Å². The SMILES string of the molecule is O=S1(=O)CC(S(=O)(=O)[O-])C(S(=O)(=O)[O-])C1.[Na+].[Na+]. The Morgan fingerprint density at radius 2 is 1.06 bits per heavy atom. The van der Waals surface area contributed by atoms with Crippen molar-refractivity contribution >= 4 is 30.1 Å². The minimum Gasteiger partial charge on any atom is -0.748 e. The van der Waals surface area contributed by atoms with E-state index in [4.69, 9.17) is 0 Å². The van der Waals surface area contributed by atoms with E-state index in [-0.39, 0.29) is 59.1 Å². The maximum absolute atomic E-state index is 10.9. The Morgan fingerprint density at radius 3 is 1.24 bits per heavy atom. The van der Waals surface area contributed by atoms with E-state index < -0.39 is 52.1 Å². The maximum Gasteiger partial charge on any atom is 1.00 e. The molecule has 1 heterocycles. The molecule has 0 amide bonds. The molecule has 0 N–H and O–H groups in total. The largest absolute Gasteiger partial charge is 1.00 e. The Bertz CT molecular complexity index is 514. The normalized spacial score (nSPS) is 27.9. The van der Waals surface area contributed by atoms with E-state index in [1.807, 2.05) is 0 Å². The molecule has 8 nitrogen and oxygen atoms in total. The van der Waals surface area contributed by atoms with Gasteiger partial charge in [-0.3, -0.25) is 0 Å². The van der Waals surface area contributed by atoms with E-state index >= 15 is 0 Å². The molecule has 1 saturated heterocycles. The molecule has 13 heteroatoms. The molecule has 0 spiro atoms. The number of hydrogen-bond donors (Lipinski definition) is 0. The number of hydrogen-bond acceptors (Lipinski definition) is 8. The van der Waals surface area contributed by atoms with Crippen molar-refractivity contribution in [1.29, 1.82) is 0 Å². The van der Waals surface area contributed by atoms with Gasteiger partial charge in [-0.15, -0.1) is 0 Å². The molecule has 0 radical (unpaired) electrons. The summed E-state index contributed by atoms with van der Waals surface area (Å²) in [5.41, 5.74) is 0. The summed E-state index contributed by atoms with van der Waals surface area (Å²) in [6.07, 6.45) is 0. The van der Waals surface area contributed by atoms with Gasteiger partial charge in [0.2, 0.25) is 0 Å². The van der Waals surface area contributed by atoms with Crippen molar-refractivity contribution in [2.75, 3.05) is 11.5 Å². The molecule has 2 atom stereocenters. The summed E-state index contributed by atoms with van der Waals surface area (Å²) >= 11 is 0. The van der Waals surface area contributed by atoms with Crippen molar-refractivity contribution in [1.82, 2.24) is 0 Å². The zero-order valence-corrected chi connectivity index (χ0v) is 15.5. The van der Waals surface area contributed by atoms with E-state index in [2.05, 4.69) is 0 Å². The van der Waals surface area contributed by atoms with Crippen LogP contribution in [0.15, 0.2) is 0 Å². The molecule has 1 aliphatic heterocycles. The number of sulfone groups is 1. The van der Waals surface area contributed by atoms with E-state index in [1.165, 1.54) is 0 Å². The van der Waals surface area contributed by atoms with Crippen molar-refractivity contribution in [3.63, 3.8) is 0 Å². The van der Waals surface area contributed by atoms with Crippen molar-refractivity contribution in [2.24, 2.45) is 0 Å². The van der Waals surface area contributed by atoms with Crippen LogP contribution >= 0.6 is 0 Å². The topological polar surface area (TPSA) is 149 Å². The Kier molecular flexibility index (Phi) is 8.03. The summed E-state index contributed by atoms with van der Waals surface area (Å²) in [6, 6.07) is 0. The molecule has 1 aliphatic rings. The summed E-state index contributed by atoms with van der Waals surface area (Å²) in [7, 11) is -14.2. The first-order valence-corrected chi connectivity index (χ1v) is 8.30. The van der Waals surface area contributed by atoms with Crippen LogP contribution in [0.2, 0.25) is 0 Å². The first kappa shape index (κ1) is 21.1. The van der Waals surface area contributed by atoms with Crippen LogP contribution in [0.4, 0.5) is 0 Å². The Hall–Kier alpha value is 1.77. The van der Waals surface area contributed by atoms with Crippen LogP contribution in [0, 0.1) is 0 Å². The fourth-order valence-electron chi connectivity index (χ4n) is 1.32. The molecule has 0 aliphatic carbocycles. The maximum atomic E-state index is 10.9. The third-order valence-corrected chi connectivity index (χ3v) is 6.79. The van der Waals surface area contributed by atoms with Crippen LogP contribution < -0.4 is 59.1 Å². The van der Waals surface area contributed by atoms with Gasteiger partial charge >= 0.3 is 59.1 Å². The number of rotatable bonds is 2. The third kappa shape index (κ3) is 5.73. The van der Waals surface area contributed by atoms with Gasteiger partial charge in [0, 0.05) is 0 Å². The van der Waals surface area contributed by atoms with Crippen LogP contribution in [0.1, 0.15) is 0 Å². The average molecular weight is 324 g/mol. The second-order valence-electron chi connectivity index (χ2n) is 3.14. The van der Waals surface area contributed by atoms with E-state index in [9.17, 15) is 34.4 Å². The van der Waals surface area contributed by atoms with Crippen LogP contribution in [0.5, 0.6) is 0 Å². The molecule has 0 aromatic carbocycles. The monoisotopic (exact) mass is 324 g/mol. The van der Waals surface area contributed by atoms with Gasteiger partial charge in [-0.2, -0.15) is 0 Å². The van der Waals surface area contributed by atoms with Crippen LogP contribution in [-0.4, -0.2) is 56.4 Å². The first-order valence-electron chi connectivity index (χ1n) is 3.53. The summed E-state index contributed by atoms with van der Waals surface area (Å²) in [4.78, 5) is 0. The Balaban J connectivity index is 0. The molecule has 0 aromatic rings. The molecular weight excluding hydrogens is 318 g/mol. The molecule has 2 unspecified atom stereocenters. The van der Waals surface area contributed by atoms with Crippen LogP contribution in [-0.2, 0) is 30.1 Å². The quantitative estimate of drug-likeness (QED) is 0.359. The average Bonchev–Trinajstić information content (AvgIpc) is 2.23. The predicted octanol–water partition coefficient (Wildman–Crippen LogP) is -8.75. The molecule has 0 aromatic heterocycles. The molecule has 1 rings (SSSR count). The van der Waals surface area contributed by atoms with Crippen LogP contribution in [0.3, 0.4) is 0 Å². The van der Waals surface area contributed by atoms with Crippen molar-refractivity contribution < 1.29 is 93.5 Å². The predicted molar refractivity (Wildman–Crippen MR) is 45.6 cm³/mol. The zero-order valence-electron chi connectivity index (χ0n) is 9.06. The fraction of sp³-hybridized carbons (Fsp3) is 1.00. The van der Waals surface area contributed by atoms with Gasteiger partial charge in [0.25, 0.3) is 0 Å². The molecule has 0 bridgehead atoms. The van der Waals surface area contributed by atoms with Crippen molar-refractivity contribution in [3.05, 3.63) is 0 Å². The minimum absolute atomic E-state index is 0.